The molecule has 2 aromatic rings. The number of likely N-dealkylation sites (tertiary alicyclic amines) is 1. The highest BCUT2D eigenvalue weighted by molar-refractivity contribution is 5.84. The molecule has 0 spiro atoms. The molecule has 1 atom stereocenters. The molecule has 25 heavy (non-hydrogen) atoms. The van der Waals surface area contributed by atoms with Crippen LogP contribution in [-0.2, 0) is 9.53 Å². The lowest BCUT2D eigenvalue weighted by atomic mass is 9.99. The Morgan fingerprint density at radius 2 is 1.96 bits per heavy atom. The van der Waals surface area contributed by atoms with Crippen molar-refractivity contribution in [3.05, 3.63) is 42.2 Å². The Balaban J connectivity index is 1.82. The van der Waals surface area contributed by atoms with Gasteiger partial charge < -0.3 is 9.64 Å². The van der Waals surface area contributed by atoms with E-state index in [1.807, 2.05) is 17.9 Å². The monoisotopic (exact) mass is 340 g/mol. The van der Waals surface area contributed by atoms with Crippen LogP contribution in [-0.4, -0.2) is 51.6 Å². The molecule has 6 nitrogen and oxygen atoms in total. The smallest absolute Gasteiger partial charge is 0.254 e. The summed E-state index contributed by atoms with van der Waals surface area (Å²) in [7, 11) is 1.57. The van der Waals surface area contributed by atoms with E-state index in [4.69, 9.17) is 9.72 Å². The third kappa shape index (κ3) is 3.69. The standard InChI is InChI=1S/C19H24N4O2/c1-13-7-15(16-9-20-12-21-10-16)8-17(22-13)14-5-6-23(11-14)18(24)19(2,3)25-4/h7-10,12,14H,5-6,11H2,1-4H3/t14-/m0/s1. The second-order valence-corrected chi connectivity index (χ2v) is 7.00. The summed E-state index contributed by atoms with van der Waals surface area (Å²) in [6.07, 6.45) is 6.04. The fourth-order valence-corrected chi connectivity index (χ4v) is 3.17. The van der Waals surface area contributed by atoms with Gasteiger partial charge in [-0.1, -0.05) is 0 Å². The number of hydrogen-bond acceptors (Lipinski definition) is 5. The van der Waals surface area contributed by atoms with Crippen LogP contribution in [0.1, 0.15) is 37.6 Å². The van der Waals surface area contributed by atoms with Gasteiger partial charge in [0.15, 0.2) is 0 Å². The van der Waals surface area contributed by atoms with Gasteiger partial charge in [0.1, 0.15) is 11.9 Å². The van der Waals surface area contributed by atoms with Gasteiger partial charge in [0.2, 0.25) is 0 Å². The fourth-order valence-electron chi connectivity index (χ4n) is 3.17. The van der Waals surface area contributed by atoms with Crippen molar-refractivity contribution >= 4 is 5.91 Å². The van der Waals surface area contributed by atoms with Crippen LogP contribution in [0.25, 0.3) is 11.1 Å². The van der Waals surface area contributed by atoms with E-state index in [0.29, 0.717) is 6.54 Å². The molecule has 0 aromatic carbocycles. The molecule has 0 saturated carbocycles. The highest BCUT2D eigenvalue weighted by Gasteiger charge is 2.36. The molecule has 1 fully saturated rings. The van der Waals surface area contributed by atoms with Crippen molar-refractivity contribution in [2.75, 3.05) is 20.2 Å². The first-order valence-corrected chi connectivity index (χ1v) is 8.49. The number of amides is 1. The number of methoxy groups -OCH3 is 1. The molecule has 1 aliphatic rings. The first-order valence-electron chi connectivity index (χ1n) is 8.49. The van der Waals surface area contributed by atoms with Crippen molar-refractivity contribution in [3.8, 4) is 11.1 Å². The Morgan fingerprint density at radius 1 is 1.24 bits per heavy atom. The largest absolute Gasteiger partial charge is 0.369 e. The molecule has 0 unspecified atom stereocenters. The maximum atomic E-state index is 12.6. The predicted molar refractivity (Wildman–Crippen MR) is 95.0 cm³/mol. The summed E-state index contributed by atoms with van der Waals surface area (Å²) in [4.78, 5) is 27.4. The molecule has 1 saturated heterocycles. The van der Waals surface area contributed by atoms with Gasteiger partial charge in [-0.2, -0.15) is 0 Å². The summed E-state index contributed by atoms with van der Waals surface area (Å²) in [6.45, 7) is 7.01. The highest BCUT2D eigenvalue weighted by Crippen LogP contribution is 2.30. The van der Waals surface area contributed by atoms with E-state index in [1.165, 1.54) is 6.33 Å². The Morgan fingerprint density at radius 3 is 2.64 bits per heavy atom. The number of aromatic nitrogens is 3. The van der Waals surface area contributed by atoms with E-state index >= 15 is 0 Å². The normalized spacial score (nSPS) is 17.8. The van der Waals surface area contributed by atoms with Crippen molar-refractivity contribution in [1.29, 1.82) is 0 Å². The van der Waals surface area contributed by atoms with Crippen LogP contribution in [0.15, 0.2) is 30.9 Å². The summed E-state index contributed by atoms with van der Waals surface area (Å²) >= 11 is 0. The van der Waals surface area contributed by atoms with Crippen LogP contribution in [0.5, 0.6) is 0 Å². The summed E-state index contributed by atoms with van der Waals surface area (Å²) < 4.78 is 5.33. The van der Waals surface area contributed by atoms with Crippen LogP contribution >= 0.6 is 0 Å². The van der Waals surface area contributed by atoms with Crippen LogP contribution in [0.2, 0.25) is 0 Å². The lowest BCUT2D eigenvalue weighted by Crippen LogP contribution is -2.45. The van der Waals surface area contributed by atoms with Crippen molar-refractivity contribution in [3.63, 3.8) is 0 Å². The molecular weight excluding hydrogens is 316 g/mol. The minimum absolute atomic E-state index is 0.0295. The highest BCUT2D eigenvalue weighted by atomic mass is 16.5. The Kier molecular flexibility index (Phi) is 4.81. The molecule has 1 aliphatic heterocycles. The van der Waals surface area contributed by atoms with E-state index in [1.54, 1.807) is 33.4 Å². The van der Waals surface area contributed by atoms with Crippen LogP contribution in [0, 0.1) is 6.92 Å². The van der Waals surface area contributed by atoms with Gasteiger partial charge >= 0.3 is 0 Å². The lowest BCUT2D eigenvalue weighted by molar-refractivity contribution is -0.149. The number of nitrogens with zero attached hydrogens (tertiary/aromatic N) is 4. The zero-order chi connectivity index (χ0) is 18.0. The third-order valence-corrected chi connectivity index (χ3v) is 4.79. The van der Waals surface area contributed by atoms with E-state index in [9.17, 15) is 4.79 Å². The average molecular weight is 340 g/mol. The van der Waals surface area contributed by atoms with E-state index in [-0.39, 0.29) is 11.8 Å². The van der Waals surface area contributed by atoms with Crippen LogP contribution in [0.3, 0.4) is 0 Å². The minimum atomic E-state index is -0.790. The number of ether oxygens (including phenoxy) is 1. The molecule has 1 amide bonds. The molecule has 0 bridgehead atoms. The summed E-state index contributed by atoms with van der Waals surface area (Å²) in [5.74, 6) is 0.265. The SMILES string of the molecule is COC(C)(C)C(=O)N1CC[C@H](c2cc(-c3cncnc3)cc(C)n2)C1. The number of carbonyl (C=O) groups is 1. The molecule has 3 heterocycles. The van der Waals surface area contributed by atoms with Crippen molar-refractivity contribution < 1.29 is 9.53 Å². The van der Waals surface area contributed by atoms with Gasteiger partial charge in [0.05, 0.1) is 0 Å². The maximum absolute atomic E-state index is 12.6. The molecule has 3 rings (SSSR count). The zero-order valence-electron chi connectivity index (χ0n) is 15.2. The Hall–Kier alpha value is -2.34. The maximum Gasteiger partial charge on any atom is 0.254 e. The van der Waals surface area contributed by atoms with Gasteiger partial charge in [0.25, 0.3) is 5.91 Å². The summed E-state index contributed by atoms with van der Waals surface area (Å²) in [5.41, 5.74) is 3.22. The third-order valence-electron chi connectivity index (χ3n) is 4.79. The zero-order valence-corrected chi connectivity index (χ0v) is 15.2. The minimum Gasteiger partial charge on any atom is -0.369 e. The molecule has 0 aliphatic carbocycles. The van der Waals surface area contributed by atoms with Crippen molar-refractivity contribution in [2.45, 2.75) is 38.7 Å². The second kappa shape index (κ2) is 6.88. The van der Waals surface area contributed by atoms with Gasteiger partial charge in [-0.3, -0.25) is 9.78 Å². The van der Waals surface area contributed by atoms with E-state index in [2.05, 4.69) is 16.0 Å². The van der Waals surface area contributed by atoms with Crippen LogP contribution < -0.4 is 0 Å². The molecule has 132 valence electrons. The number of pyridine rings is 1. The molecule has 2 aromatic heterocycles. The molecule has 0 N–H and O–H groups in total. The van der Waals surface area contributed by atoms with Gasteiger partial charge in [-0.05, 0) is 44.9 Å². The molecular formula is C19H24N4O2. The summed E-state index contributed by atoms with van der Waals surface area (Å²) in [6, 6.07) is 4.12. The summed E-state index contributed by atoms with van der Waals surface area (Å²) in [5, 5.41) is 0. The topological polar surface area (TPSA) is 68.2 Å². The Labute approximate surface area is 148 Å². The fraction of sp³-hybridized carbons (Fsp3) is 0.474. The first-order chi connectivity index (χ1) is 11.9. The van der Waals surface area contributed by atoms with Crippen molar-refractivity contribution in [2.24, 2.45) is 0 Å². The number of rotatable bonds is 4. The number of carbonyl (C=O) groups excluding carboxylic acids is 1. The van der Waals surface area contributed by atoms with Crippen LogP contribution in [0.4, 0.5) is 0 Å². The van der Waals surface area contributed by atoms with Gasteiger partial charge in [-0.15, -0.1) is 0 Å². The second-order valence-electron chi connectivity index (χ2n) is 7.00. The molecule has 6 heteroatoms. The van der Waals surface area contributed by atoms with E-state index in [0.717, 1.165) is 35.5 Å². The van der Waals surface area contributed by atoms with Crippen molar-refractivity contribution in [1.82, 2.24) is 19.9 Å². The van der Waals surface area contributed by atoms with Gasteiger partial charge in [0, 0.05) is 55.5 Å². The quantitative estimate of drug-likeness (QED) is 0.856. The average Bonchev–Trinajstić information content (AvgIpc) is 3.11. The van der Waals surface area contributed by atoms with E-state index < -0.39 is 5.60 Å². The predicted octanol–water partition coefficient (Wildman–Crippen LogP) is 2.59. The lowest BCUT2D eigenvalue weighted by Gasteiger charge is -2.28. The molecule has 0 radical (unpaired) electrons. The number of aryl methyl sites for hydroxylation is 1. The number of hydrogen-bond donors (Lipinski definition) is 0. The van der Waals surface area contributed by atoms with Gasteiger partial charge in [-0.25, -0.2) is 9.97 Å². The Bertz CT molecular complexity index is 761. The first kappa shape index (κ1) is 17.5.